The third-order valence-corrected chi connectivity index (χ3v) is 4.97. The molecule has 0 fully saturated rings. The van der Waals surface area contributed by atoms with E-state index in [0.29, 0.717) is 10.9 Å². The van der Waals surface area contributed by atoms with Crippen molar-refractivity contribution in [3.8, 4) is 0 Å². The van der Waals surface area contributed by atoms with E-state index in [4.69, 9.17) is 0 Å². The number of nitrogens with zero attached hydrogens (tertiary/aromatic N) is 2. The second kappa shape index (κ2) is 8.18. The zero-order chi connectivity index (χ0) is 19.4. The minimum absolute atomic E-state index is 0.172. The summed E-state index contributed by atoms with van der Waals surface area (Å²) >= 11 is 1.17. The lowest BCUT2D eigenvalue weighted by Crippen LogP contribution is -2.34. The number of amidine groups is 1. The molecule has 1 heterocycles. The van der Waals surface area contributed by atoms with Crippen LogP contribution in [0.15, 0.2) is 65.3 Å². The molecule has 2 amide bonds. The molecule has 1 N–H and O–H groups in total. The highest BCUT2D eigenvalue weighted by Crippen LogP contribution is 2.31. The number of aliphatic imine (C=N–C) groups is 1. The number of hydrogen-bond acceptors (Lipinski definition) is 4. The highest BCUT2D eigenvalue weighted by molar-refractivity contribution is 8.15. The van der Waals surface area contributed by atoms with E-state index in [9.17, 15) is 14.0 Å². The molecular formula is C20H18FN3O2S. The lowest BCUT2D eigenvalue weighted by atomic mass is 10.2. The first-order valence-electron chi connectivity index (χ1n) is 8.33. The van der Waals surface area contributed by atoms with Crippen molar-refractivity contribution in [2.45, 2.75) is 12.2 Å². The summed E-state index contributed by atoms with van der Waals surface area (Å²) < 4.78 is 13.3. The van der Waals surface area contributed by atoms with Gasteiger partial charge < -0.3 is 5.32 Å². The molecular weight excluding hydrogens is 365 g/mol. The molecule has 0 radical (unpaired) electrons. The summed E-state index contributed by atoms with van der Waals surface area (Å²) in [5.41, 5.74) is 1.60. The van der Waals surface area contributed by atoms with Gasteiger partial charge in [-0.15, -0.1) is 0 Å². The monoisotopic (exact) mass is 383 g/mol. The van der Waals surface area contributed by atoms with Crippen LogP contribution in [-0.4, -0.2) is 29.3 Å². The third kappa shape index (κ3) is 4.25. The Morgan fingerprint density at radius 3 is 2.48 bits per heavy atom. The van der Waals surface area contributed by atoms with Gasteiger partial charge in [0, 0.05) is 7.05 Å². The first-order chi connectivity index (χ1) is 13.0. The minimum Gasteiger partial charge on any atom is -0.358 e. The predicted octanol–water partition coefficient (Wildman–Crippen LogP) is 3.44. The van der Waals surface area contributed by atoms with Crippen molar-refractivity contribution >= 4 is 40.5 Å². The molecule has 3 rings (SSSR count). The Morgan fingerprint density at radius 1 is 1.19 bits per heavy atom. The topological polar surface area (TPSA) is 61.8 Å². The normalized spacial score (nSPS) is 16.4. The van der Waals surface area contributed by atoms with Gasteiger partial charge in [-0.3, -0.25) is 14.5 Å². The van der Waals surface area contributed by atoms with E-state index in [1.165, 1.54) is 40.9 Å². The van der Waals surface area contributed by atoms with Crippen molar-refractivity contribution in [1.82, 2.24) is 5.32 Å². The van der Waals surface area contributed by atoms with Crippen molar-refractivity contribution in [2.24, 2.45) is 4.99 Å². The molecule has 0 saturated heterocycles. The summed E-state index contributed by atoms with van der Waals surface area (Å²) in [6, 6.07) is 15.0. The standard InChI is InChI=1S/C20H18FN3O2S/c1-13(18(25)22-2)27-20-23-17(12-14-6-4-3-5-7-14)19(26)24(20)16-10-8-15(21)9-11-16/h3-13H,1-2H3,(H,22,25)/b17-12+/t13-/m1/s1. The third-order valence-electron chi connectivity index (χ3n) is 3.92. The average Bonchev–Trinajstić information content (AvgIpc) is 2.97. The van der Waals surface area contributed by atoms with Crippen LogP contribution in [0.1, 0.15) is 12.5 Å². The number of carbonyl (C=O) groups excluding carboxylic acids is 2. The van der Waals surface area contributed by atoms with Crippen LogP contribution in [0.2, 0.25) is 0 Å². The van der Waals surface area contributed by atoms with Crippen LogP contribution < -0.4 is 10.2 Å². The summed E-state index contributed by atoms with van der Waals surface area (Å²) in [5, 5.41) is 2.52. The lowest BCUT2D eigenvalue weighted by Gasteiger charge is -2.19. The number of nitrogens with one attached hydrogen (secondary N) is 1. The molecule has 1 atom stereocenters. The van der Waals surface area contributed by atoms with Gasteiger partial charge in [0.15, 0.2) is 5.17 Å². The second-order valence-corrected chi connectivity index (χ2v) is 7.13. The van der Waals surface area contributed by atoms with Crippen LogP contribution in [0.4, 0.5) is 10.1 Å². The quantitative estimate of drug-likeness (QED) is 0.823. The number of carbonyl (C=O) groups is 2. The number of thioether (sulfide) groups is 1. The summed E-state index contributed by atoms with van der Waals surface area (Å²) in [7, 11) is 1.56. The van der Waals surface area contributed by atoms with Crippen LogP contribution in [0.25, 0.3) is 6.08 Å². The molecule has 0 unspecified atom stereocenters. The highest BCUT2D eigenvalue weighted by Gasteiger charge is 2.34. The fourth-order valence-corrected chi connectivity index (χ4v) is 3.50. The van der Waals surface area contributed by atoms with Crippen molar-refractivity contribution in [1.29, 1.82) is 0 Å². The number of hydrogen-bond donors (Lipinski definition) is 1. The van der Waals surface area contributed by atoms with E-state index in [0.717, 1.165) is 5.56 Å². The zero-order valence-corrected chi connectivity index (χ0v) is 15.7. The van der Waals surface area contributed by atoms with Gasteiger partial charge >= 0.3 is 0 Å². The molecule has 0 saturated carbocycles. The molecule has 27 heavy (non-hydrogen) atoms. The smallest absolute Gasteiger partial charge is 0.283 e. The van der Waals surface area contributed by atoms with Crippen LogP contribution in [-0.2, 0) is 9.59 Å². The summed E-state index contributed by atoms with van der Waals surface area (Å²) in [5.74, 6) is -0.887. The first kappa shape index (κ1) is 18.8. The van der Waals surface area contributed by atoms with Crippen molar-refractivity contribution in [3.05, 3.63) is 71.7 Å². The average molecular weight is 383 g/mol. The van der Waals surface area contributed by atoms with E-state index in [2.05, 4.69) is 10.3 Å². The van der Waals surface area contributed by atoms with Gasteiger partial charge in [0.2, 0.25) is 5.91 Å². The van der Waals surface area contributed by atoms with Gasteiger partial charge in [0.1, 0.15) is 11.5 Å². The van der Waals surface area contributed by atoms with Crippen molar-refractivity contribution in [3.63, 3.8) is 0 Å². The molecule has 5 nitrogen and oxygen atoms in total. The molecule has 1 aliphatic heterocycles. The zero-order valence-electron chi connectivity index (χ0n) is 14.8. The Hall–Kier alpha value is -2.93. The largest absolute Gasteiger partial charge is 0.358 e. The minimum atomic E-state index is -0.444. The maximum Gasteiger partial charge on any atom is 0.283 e. The Bertz CT molecular complexity index is 911. The van der Waals surface area contributed by atoms with Gasteiger partial charge in [0.05, 0.1) is 10.9 Å². The molecule has 2 aromatic carbocycles. The second-order valence-electron chi connectivity index (χ2n) is 5.83. The highest BCUT2D eigenvalue weighted by atomic mass is 32.2. The van der Waals surface area contributed by atoms with Crippen LogP contribution in [0.5, 0.6) is 0 Å². The van der Waals surface area contributed by atoms with Crippen LogP contribution in [0, 0.1) is 5.82 Å². The number of benzene rings is 2. The van der Waals surface area contributed by atoms with E-state index < -0.39 is 11.1 Å². The molecule has 1 aliphatic rings. The first-order valence-corrected chi connectivity index (χ1v) is 9.21. The van der Waals surface area contributed by atoms with Crippen molar-refractivity contribution in [2.75, 3.05) is 11.9 Å². The molecule has 138 valence electrons. The summed E-state index contributed by atoms with van der Waals surface area (Å²) in [4.78, 5) is 30.7. The molecule has 7 heteroatoms. The Kier molecular flexibility index (Phi) is 5.71. The van der Waals surface area contributed by atoms with Gasteiger partial charge in [0.25, 0.3) is 5.91 Å². The maximum atomic E-state index is 13.3. The fraction of sp³-hybridized carbons (Fsp3) is 0.150. The Morgan fingerprint density at radius 2 is 1.85 bits per heavy atom. The van der Waals surface area contributed by atoms with Gasteiger partial charge in [-0.05, 0) is 42.8 Å². The van der Waals surface area contributed by atoms with E-state index in [1.54, 1.807) is 20.0 Å². The van der Waals surface area contributed by atoms with Crippen LogP contribution in [0.3, 0.4) is 0 Å². The fourth-order valence-electron chi connectivity index (χ4n) is 2.52. The summed E-state index contributed by atoms with van der Waals surface area (Å²) in [6.07, 6.45) is 1.69. The van der Waals surface area contributed by atoms with Gasteiger partial charge in [-0.1, -0.05) is 42.1 Å². The van der Waals surface area contributed by atoms with Crippen molar-refractivity contribution < 1.29 is 14.0 Å². The number of amides is 2. The molecule has 0 aromatic heterocycles. The SMILES string of the molecule is CNC(=O)[C@@H](C)SC1=N/C(=C/c2ccccc2)C(=O)N1c1ccc(F)cc1. The van der Waals surface area contributed by atoms with Crippen LogP contribution >= 0.6 is 11.8 Å². The van der Waals surface area contributed by atoms with E-state index in [-0.39, 0.29) is 17.5 Å². The van der Waals surface area contributed by atoms with E-state index >= 15 is 0 Å². The number of anilines is 1. The van der Waals surface area contributed by atoms with Gasteiger partial charge in [-0.25, -0.2) is 9.38 Å². The Balaban J connectivity index is 1.98. The molecule has 0 bridgehead atoms. The Labute approximate surface area is 161 Å². The number of rotatable bonds is 4. The predicted molar refractivity (Wildman–Crippen MR) is 107 cm³/mol. The molecule has 0 aliphatic carbocycles. The maximum absolute atomic E-state index is 13.3. The molecule has 2 aromatic rings. The summed E-state index contributed by atoms with van der Waals surface area (Å²) in [6.45, 7) is 1.73. The molecule has 0 spiro atoms. The van der Waals surface area contributed by atoms with E-state index in [1.807, 2.05) is 30.3 Å². The lowest BCUT2D eigenvalue weighted by molar-refractivity contribution is -0.119. The van der Waals surface area contributed by atoms with Gasteiger partial charge in [-0.2, -0.15) is 0 Å². The number of halogens is 1.